The van der Waals surface area contributed by atoms with Crippen molar-refractivity contribution in [3.63, 3.8) is 0 Å². The summed E-state index contributed by atoms with van der Waals surface area (Å²) in [5, 5.41) is 9.06. The second kappa shape index (κ2) is 5.48. The van der Waals surface area contributed by atoms with Crippen molar-refractivity contribution in [2.45, 2.75) is 12.7 Å². The smallest absolute Gasteiger partial charge is 0.217 e. The molecule has 0 atom stereocenters. The number of phenolic OH excluding ortho intramolecular Hbond substituents is 1. The Bertz CT molecular complexity index is 314. The van der Waals surface area contributed by atoms with Crippen molar-refractivity contribution in [3.8, 4) is 5.75 Å². The summed E-state index contributed by atoms with van der Waals surface area (Å²) in [5.74, 6) is 0.0342. The maximum Gasteiger partial charge on any atom is 0.217 e. The average molecular weight is 210 g/mol. The molecule has 0 aliphatic heterocycles. The first-order chi connectivity index (χ1) is 7.17. The van der Waals surface area contributed by atoms with Gasteiger partial charge in [0.15, 0.2) is 5.78 Å². The molecule has 1 aromatic rings. The topological polar surface area (TPSA) is 55.8 Å². The van der Waals surface area contributed by atoms with Crippen molar-refractivity contribution in [3.05, 3.63) is 29.8 Å². The van der Waals surface area contributed by atoms with Gasteiger partial charge in [0.2, 0.25) is 6.29 Å². The fourth-order valence-electron chi connectivity index (χ4n) is 1.26. The Morgan fingerprint density at radius 3 is 2.27 bits per heavy atom. The van der Waals surface area contributed by atoms with Crippen molar-refractivity contribution < 1.29 is 19.4 Å². The molecule has 0 aliphatic carbocycles. The zero-order chi connectivity index (χ0) is 11.3. The molecular formula is C11H14O4. The number of benzene rings is 1. The van der Waals surface area contributed by atoms with Crippen LogP contribution in [0.2, 0.25) is 0 Å². The second-order valence-electron chi connectivity index (χ2n) is 3.11. The third kappa shape index (κ3) is 3.34. The lowest BCUT2D eigenvalue weighted by atomic mass is 10.1. The molecule has 0 aromatic heterocycles. The van der Waals surface area contributed by atoms with E-state index < -0.39 is 6.29 Å². The quantitative estimate of drug-likeness (QED) is 0.740. The van der Waals surface area contributed by atoms with Crippen LogP contribution < -0.4 is 0 Å². The van der Waals surface area contributed by atoms with Crippen molar-refractivity contribution in [2.24, 2.45) is 0 Å². The normalized spacial score (nSPS) is 10.6. The molecule has 0 unspecified atom stereocenters. The van der Waals surface area contributed by atoms with Gasteiger partial charge in [-0.25, -0.2) is 0 Å². The van der Waals surface area contributed by atoms with Gasteiger partial charge in [0.25, 0.3) is 0 Å². The Balaban J connectivity index is 2.61. The number of ketones is 1. The van der Waals surface area contributed by atoms with Crippen molar-refractivity contribution >= 4 is 5.78 Å². The van der Waals surface area contributed by atoms with Gasteiger partial charge < -0.3 is 14.6 Å². The van der Waals surface area contributed by atoms with E-state index in [2.05, 4.69) is 0 Å². The van der Waals surface area contributed by atoms with Crippen LogP contribution in [0.4, 0.5) is 0 Å². The van der Waals surface area contributed by atoms with Crippen molar-refractivity contribution in [1.29, 1.82) is 0 Å². The lowest BCUT2D eigenvalue weighted by Crippen LogP contribution is -2.26. The van der Waals surface area contributed by atoms with Crippen LogP contribution in [-0.2, 0) is 20.7 Å². The lowest BCUT2D eigenvalue weighted by Gasteiger charge is -2.11. The van der Waals surface area contributed by atoms with Crippen LogP contribution >= 0.6 is 0 Å². The molecule has 0 saturated heterocycles. The predicted molar refractivity (Wildman–Crippen MR) is 54.6 cm³/mol. The highest BCUT2D eigenvalue weighted by atomic mass is 16.7. The SMILES string of the molecule is COC(OC)C(=O)Cc1ccc(O)cc1. The van der Waals surface area contributed by atoms with E-state index in [1.807, 2.05) is 0 Å². The van der Waals surface area contributed by atoms with Gasteiger partial charge in [0.05, 0.1) is 0 Å². The standard InChI is InChI=1S/C11H14O4/c1-14-11(15-2)10(13)7-8-3-5-9(12)6-4-8/h3-6,11-12H,7H2,1-2H3. The number of methoxy groups -OCH3 is 2. The van der Waals surface area contributed by atoms with Crippen LogP contribution in [0, 0.1) is 0 Å². The first-order valence-electron chi connectivity index (χ1n) is 4.53. The number of ether oxygens (including phenoxy) is 2. The third-order valence-corrected chi connectivity index (χ3v) is 2.01. The molecule has 4 nitrogen and oxygen atoms in total. The van der Waals surface area contributed by atoms with Gasteiger partial charge in [-0.15, -0.1) is 0 Å². The fourth-order valence-corrected chi connectivity index (χ4v) is 1.26. The number of carbonyl (C=O) groups is 1. The van der Waals surface area contributed by atoms with Crippen LogP contribution in [0.1, 0.15) is 5.56 Å². The number of carbonyl (C=O) groups excluding carboxylic acids is 1. The number of hydrogen-bond acceptors (Lipinski definition) is 4. The Morgan fingerprint density at radius 1 is 1.27 bits per heavy atom. The summed E-state index contributed by atoms with van der Waals surface area (Å²) in [5.41, 5.74) is 0.817. The number of aromatic hydroxyl groups is 1. The maximum absolute atomic E-state index is 11.5. The summed E-state index contributed by atoms with van der Waals surface area (Å²) in [6.45, 7) is 0. The molecule has 4 heteroatoms. The van der Waals surface area contributed by atoms with E-state index >= 15 is 0 Å². The Hall–Kier alpha value is -1.39. The van der Waals surface area contributed by atoms with Gasteiger partial charge in [-0.2, -0.15) is 0 Å². The first-order valence-corrected chi connectivity index (χ1v) is 4.53. The highest BCUT2D eigenvalue weighted by molar-refractivity contribution is 5.84. The van der Waals surface area contributed by atoms with Crippen LogP contribution in [0.25, 0.3) is 0 Å². The molecule has 0 amide bonds. The summed E-state index contributed by atoms with van der Waals surface area (Å²) in [4.78, 5) is 11.5. The molecule has 0 spiro atoms. The molecule has 82 valence electrons. The third-order valence-electron chi connectivity index (χ3n) is 2.01. The van der Waals surface area contributed by atoms with Crippen LogP contribution in [-0.4, -0.2) is 31.4 Å². The van der Waals surface area contributed by atoms with E-state index in [9.17, 15) is 4.79 Å². The van der Waals surface area contributed by atoms with Gasteiger partial charge in [0.1, 0.15) is 5.75 Å². The molecule has 1 N–H and O–H groups in total. The molecular weight excluding hydrogens is 196 g/mol. The average Bonchev–Trinajstić information content (AvgIpc) is 2.23. The van der Waals surface area contributed by atoms with E-state index in [1.54, 1.807) is 12.1 Å². The minimum Gasteiger partial charge on any atom is -0.508 e. The maximum atomic E-state index is 11.5. The van der Waals surface area contributed by atoms with Gasteiger partial charge in [0, 0.05) is 20.6 Å². The van der Waals surface area contributed by atoms with E-state index in [0.717, 1.165) is 5.56 Å². The number of rotatable bonds is 5. The van der Waals surface area contributed by atoms with Crippen LogP contribution in [0.5, 0.6) is 5.75 Å². The molecule has 0 saturated carbocycles. The number of phenols is 1. The van der Waals surface area contributed by atoms with Gasteiger partial charge in [-0.1, -0.05) is 12.1 Å². The summed E-state index contributed by atoms with van der Waals surface area (Å²) >= 11 is 0. The Morgan fingerprint density at radius 2 is 1.80 bits per heavy atom. The first kappa shape index (κ1) is 11.7. The van der Waals surface area contributed by atoms with Crippen LogP contribution in [0.3, 0.4) is 0 Å². The predicted octanol–water partition coefficient (Wildman–Crippen LogP) is 1.12. The van der Waals surface area contributed by atoms with Crippen LogP contribution in [0.15, 0.2) is 24.3 Å². The highest BCUT2D eigenvalue weighted by Gasteiger charge is 2.16. The summed E-state index contributed by atoms with van der Waals surface area (Å²) in [6.07, 6.45) is -0.592. The monoisotopic (exact) mass is 210 g/mol. The van der Waals surface area contributed by atoms with Gasteiger partial charge in [-0.05, 0) is 17.7 Å². The summed E-state index contributed by atoms with van der Waals surface area (Å²) in [6, 6.07) is 6.46. The van der Waals surface area contributed by atoms with Gasteiger partial charge >= 0.3 is 0 Å². The lowest BCUT2D eigenvalue weighted by molar-refractivity contribution is -0.155. The molecule has 15 heavy (non-hydrogen) atoms. The minimum atomic E-state index is -0.821. The van der Waals surface area contributed by atoms with E-state index in [0.29, 0.717) is 0 Å². The second-order valence-corrected chi connectivity index (χ2v) is 3.11. The number of hydrogen-bond donors (Lipinski definition) is 1. The van der Waals surface area contributed by atoms with E-state index in [-0.39, 0.29) is 18.0 Å². The van der Waals surface area contributed by atoms with E-state index in [4.69, 9.17) is 14.6 Å². The Kier molecular flexibility index (Phi) is 4.27. The zero-order valence-electron chi connectivity index (χ0n) is 8.77. The van der Waals surface area contributed by atoms with E-state index in [1.165, 1.54) is 26.4 Å². The number of Topliss-reactive ketones (excluding diaryl/α,β-unsaturated/α-hetero) is 1. The molecule has 0 radical (unpaired) electrons. The molecule has 1 rings (SSSR count). The molecule has 0 aliphatic rings. The molecule has 0 bridgehead atoms. The largest absolute Gasteiger partial charge is 0.508 e. The molecule has 0 fully saturated rings. The molecule has 0 heterocycles. The minimum absolute atomic E-state index is 0.148. The molecule has 1 aromatic carbocycles. The van der Waals surface area contributed by atoms with Crippen molar-refractivity contribution in [2.75, 3.05) is 14.2 Å². The zero-order valence-corrected chi connectivity index (χ0v) is 8.77. The van der Waals surface area contributed by atoms with Crippen molar-refractivity contribution in [1.82, 2.24) is 0 Å². The summed E-state index contributed by atoms with van der Waals surface area (Å²) < 4.78 is 9.67. The summed E-state index contributed by atoms with van der Waals surface area (Å²) in [7, 11) is 2.84. The van der Waals surface area contributed by atoms with Gasteiger partial charge in [-0.3, -0.25) is 4.79 Å². The highest BCUT2D eigenvalue weighted by Crippen LogP contribution is 2.11. The Labute approximate surface area is 88.4 Å². The fraction of sp³-hybridized carbons (Fsp3) is 0.364.